The summed E-state index contributed by atoms with van der Waals surface area (Å²) in [5.41, 5.74) is 2.84. The normalized spacial score (nSPS) is 16.4. The summed E-state index contributed by atoms with van der Waals surface area (Å²) in [6, 6.07) is 14.7. The molecule has 1 heterocycles. The summed E-state index contributed by atoms with van der Waals surface area (Å²) in [4.78, 5) is 12.9. The smallest absolute Gasteiger partial charge is 0.338 e. The molecule has 0 saturated carbocycles. The molecule has 0 fully saturated rings. The van der Waals surface area contributed by atoms with Crippen LogP contribution in [0.15, 0.2) is 64.3 Å². The fraction of sp³-hybridized carbons (Fsp3) is 0.200. The highest BCUT2D eigenvalue weighted by atomic mass is 79.9. The minimum atomic E-state index is -0.477. The van der Waals surface area contributed by atoms with Crippen LogP contribution in [0.2, 0.25) is 0 Å². The van der Waals surface area contributed by atoms with Crippen molar-refractivity contribution in [1.82, 2.24) is 10.6 Å². The maximum atomic E-state index is 12.9. The van der Waals surface area contributed by atoms with E-state index in [1.807, 2.05) is 55.5 Å². The number of thiocarbonyl (C=S) groups is 1. The summed E-state index contributed by atoms with van der Waals surface area (Å²) in [6.07, 6.45) is 0. The van der Waals surface area contributed by atoms with E-state index in [4.69, 9.17) is 21.7 Å². The van der Waals surface area contributed by atoms with E-state index in [9.17, 15) is 4.79 Å². The minimum absolute atomic E-state index is 0.198. The van der Waals surface area contributed by atoms with E-state index < -0.39 is 12.0 Å². The molecule has 5 nitrogen and oxygen atoms in total. The van der Waals surface area contributed by atoms with Gasteiger partial charge in [-0.05, 0) is 42.9 Å². The van der Waals surface area contributed by atoms with Gasteiger partial charge < -0.3 is 20.1 Å². The van der Waals surface area contributed by atoms with E-state index >= 15 is 0 Å². The molecule has 0 bridgehead atoms. The van der Waals surface area contributed by atoms with Crippen LogP contribution in [0.3, 0.4) is 0 Å². The number of esters is 1. The van der Waals surface area contributed by atoms with Crippen molar-refractivity contribution in [3.05, 3.63) is 75.4 Å². The lowest BCUT2D eigenvalue weighted by Crippen LogP contribution is -2.45. The molecular weight excluding hydrogens is 428 g/mol. The Morgan fingerprint density at radius 1 is 1.22 bits per heavy atom. The monoisotopic (exact) mass is 446 g/mol. The van der Waals surface area contributed by atoms with Crippen LogP contribution in [0.25, 0.3) is 0 Å². The van der Waals surface area contributed by atoms with Crippen molar-refractivity contribution < 1.29 is 14.3 Å². The van der Waals surface area contributed by atoms with E-state index in [-0.39, 0.29) is 6.61 Å². The molecule has 0 amide bonds. The predicted molar refractivity (Wildman–Crippen MR) is 111 cm³/mol. The highest BCUT2D eigenvalue weighted by molar-refractivity contribution is 9.10. The van der Waals surface area contributed by atoms with Gasteiger partial charge in [0.15, 0.2) is 5.11 Å². The number of ether oxygens (including phenoxy) is 2. The maximum absolute atomic E-state index is 12.9. The molecule has 1 aliphatic heterocycles. The lowest BCUT2D eigenvalue weighted by molar-refractivity contribution is -0.140. The Hall–Kier alpha value is -2.38. The van der Waals surface area contributed by atoms with Gasteiger partial charge in [0.05, 0.1) is 18.7 Å². The van der Waals surface area contributed by atoms with Gasteiger partial charge in [-0.15, -0.1) is 0 Å². The van der Waals surface area contributed by atoms with E-state index in [1.165, 1.54) is 0 Å². The van der Waals surface area contributed by atoms with E-state index in [0.29, 0.717) is 22.1 Å². The number of hydrogen-bond donors (Lipinski definition) is 2. The number of hydrogen-bond acceptors (Lipinski definition) is 4. The van der Waals surface area contributed by atoms with Gasteiger partial charge in [0.1, 0.15) is 12.4 Å². The van der Waals surface area contributed by atoms with Gasteiger partial charge >= 0.3 is 5.97 Å². The molecule has 3 rings (SSSR count). The second-order valence-corrected chi connectivity index (χ2v) is 7.34. The third-order valence-corrected chi connectivity index (χ3v) is 4.92. The zero-order valence-corrected chi connectivity index (χ0v) is 17.3. The van der Waals surface area contributed by atoms with Crippen LogP contribution >= 0.6 is 28.1 Å². The average Bonchev–Trinajstić information content (AvgIpc) is 2.66. The molecule has 7 heteroatoms. The summed E-state index contributed by atoms with van der Waals surface area (Å²) < 4.78 is 11.9. The van der Waals surface area contributed by atoms with Crippen LogP contribution in [0.1, 0.15) is 24.1 Å². The first-order valence-corrected chi connectivity index (χ1v) is 9.52. The van der Waals surface area contributed by atoms with Crippen molar-refractivity contribution in [2.75, 3.05) is 7.11 Å². The number of nitrogens with one attached hydrogen (secondary N) is 2. The molecule has 0 unspecified atom stereocenters. The fourth-order valence-electron chi connectivity index (χ4n) is 2.93. The van der Waals surface area contributed by atoms with Crippen LogP contribution in [-0.4, -0.2) is 18.2 Å². The third kappa shape index (κ3) is 4.48. The lowest BCUT2D eigenvalue weighted by atomic mass is 9.95. The summed E-state index contributed by atoms with van der Waals surface area (Å²) in [5.74, 6) is 0.243. The van der Waals surface area contributed by atoms with Gasteiger partial charge in [-0.3, -0.25) is 0 Å². The lowest BCUT2D eigenvalue weighted by Gasteiger charge is -2.30. The second-order valence-electron chi connectivity index (χ2n) is 6.02. The summed E-state index contributed by atoms with van der Waals surface area (Å²) in [5, 5.41) is 6.61. The Labute approximate surface area is 171 Å². The molecule has 2 aromatic carbocycles. The van der Waals surface area contributed by atoms with Crippen LogP contribution in [0.4, 0.5) is 0 Å². The highest BCUT2D eigenvalue weighted by Crippen LogP contribution is 2.35. The first-order valence-electron chi connectivity index (χ1n) is 8.32. The first-order chi connectivity index (χ1) is 13.0. The Bertz CT molecular complexity index is 899. The average molecular weight is 447 g/mol. The molecule has 140 valence electrons. The van der Waals surface area contributed by atoms with Gasteiger partial charge in [0, 0.05) is 15.7 Å². The van der Waals surface area contributed by atoms with Gasteiger partial charge in [-0.2, -0.15) is 0 Å². The molecule has 27 heavy (non-hydrogen) atoms. The van der Waals surface area contributed by atoms with E-state index in [2.05, 4.69) is 26.6 Å². The minimum Gasteiger partial charge on any atom is -0.496 e. The Morgan fingerprint density at radius 2 is 1.96 bits per heavy atom. The van der Waals surface area contributed by atoms with Crippen molar-refractivity contribution in [3.8, 4) is 5.75 Å². The van der Waals surface area contributed by atoms with Gasteiger partial charge in [-0.1, -0.05) is 46.3 Å². The quantitative estimate of drug-likeness (QED) is 0.534. The number of carbonyl (C=O) groups is 1. The van der Waals surface area contributed by atoms with Crippen LogP contribution in [-0.2, 0) is 16.1 Å². The molecule has 0 aliphatic carbocycles. The molecule has 0 aromatic heterocycles. The Balaban J connectivity index is 1.92. The number of rotatable bonds is 5. The molecule has 2 aromatic rings. The molecule has 0 saturated heterocycles. The third-order valence-electron chi connectivity index (χ3n) is 4.20. The summed E-state index contributed by atoms with van der Waals surface area (Å²) in [7, 11) is 1.59. The predicted octanol–water partition coefficient (Wildman–Crippen LogP) is 3.99. The molecular formula is C20H19BrN2O3S. The van der Waals surface area contributed by atoms with Crippen molar-refractivity contribution in [2.45, 2.75) is 19.6 Å². The largest absolute Gasteiger partial charge is 0.496 e. The van der Waals surface area contributed by atoms with Crippen LogP contribution < -0.4 is 15.4 Å². The standard InChI is InChI=1S/C20H19BrN2O3S/c1-12-17(19(24)26-11-13-6-4-3-5-7-13)18(23-20(27)22-12)15-10-14(21)8-9-16(15)25-2/h3-10,18H,11H2,1-2H3,(H2,22,23,27)/t18-/m0/s1. The van der Waals surface area contributed by atoms with Crippen molar-refractivity contribution in [3.63, 3.8) is 0 Å². The zero-order valence-electron chi connectivity index (χ0n) is 14.9. The van der Waals surface area contributed by atoms with Crippen molar-refractivity contribution >= 4 is 39.2 Å². The SMILES string of the molecule is COc1ccc(Br)cc1[C@@H]1NC(=S)NC(C)=C1C(=O)OCc1ccccc1. The van der Waals surface area contributed by atoms with E-state index in [1.54, 1.807) is 7.11 Å². The Kier molecular flexibility index (Phi) is 6.13. The molecule has 0 radical (unpaired) electrons. The second kappa shape index (κ2) is 8.54. The highest BCUT2D eigenvalue weighted by Gasteiger charge is 2.33. The van der Waals surface area contributed by atoms with Crippen LogP contribution in [0.5, 0.6) is 5.75 Å². The fourth-order valence-corrected chi connectivity index (χ4v) is 3.58. The number of allylic oxidation sites excluding steroid dienone is 1. The van der Waals surface area contributed by atoms with E-state index in [0.717, 1.165) is 15.6 Å². The zero-order chi connectivity index (χ0) is 19.4. The number of methoxy groups -OCH3 is 1. The first kappa shape index (κ1) is 19.4. The number of halogens is 1. The summed E-state index contributed by atoms with van der Waals surface area (Å²) >= 11 is 8.77. The summed E-state index contributed by atoms with van der Waals surface area (Å²) in [6.45, 7) is 2.01. The molecule has 2 N–H and O–H groups in total. The van der Waals surface area contributed by atoms with Gasteiger partial charge in [-0.25, -0.2) is 4.79 Å². The van der Waals surface area contributed by atoms with Gasteiger partial charge in [0.25, 0.3) is 0 Å². The maximum Gasteiger partial charge on any atom is 0.338 e. The number of carbonyl (C=O) groups excluding carboxylic acids is 1. The van der Waals surface area contributed by atoms with Crippen molar-refractivity contribution in [1.29, 1.82) is 0 Å². The molecule has 1 aliphatic rings. The van der Waals surface area contributed by atoms with Crippen LogP contribution in [0, 0.1) is 0 Å². The van der Waals surface area contributed by atoms with Gasteiger partial charge in [0.2, 0.25) is 0 Å². The number of benzene rings is 2. The topological polar surface area (TPSA) is 59.6 Å². The molecule has 1 atom stereocenters. The molecule has 0 spiro atoms. The Morgan fingerprint density at radius 3 is 2.67 bits per heavy atom. The van der Waals surface area contributed by atoms with Crippen molar-refractivity contribution in [2.24, 2.45) is 0 Å².